The van der Waals surface area contributed by atoms with Gasteiger partial charge in [0.2, 0.25) is 0 Å². The highest BCUT2D eigenvalue weighted by Crippen LogP contribution is 2.53. The molecule has 0 unspecified atom stereocenters. The van der Waals surface area contributed by atoms with E-state index in [-0.39, 0.29) is 5.41 Å². The van der Waals surface area contributed by atoms with Crippen LogP contribution in [0.3, 0.4) is 0 Å². The average Bonchev–Trinajstić information content (AvgIpc) is 4.01. The Bertz CT molecular complexity index is 3970. The highest BCUT2D eigenvalue weighted by Gasteiger charge is 2.37. The molecule has 0 spiro atoms. The van der Waals surface area contributed by atoms with Gasteiger partial charge in [-0.25, -0.2) is 9.97 Å². The predicted octanol–water partition coefficient (Wildman–Crippen LogP) is 16.8. The van der Waals surface area contributed by atoms with Crippen molar-refractivity contribution in [3.05, 3.63) is 242 Å². The molecule has 0 amide bonds. The van der Waals surface area contributed by atoms with Gasteiger partial charge in [-0.2, -0.15) is 0 Å². The summed E-state index contributed by atoms with van der Waals surface area (Å²) in [6, 6.07) is 83.8. The smallest absolute Gasteiger partial charge is 0.160 e. The van der Waals surface area contributed by atoms with Crippen molar-refractivity contribution in [3.63, 3.8) is 0 Å². The minimum atomic E-state index is -0.168. The lowest BCUT2D eigenvalue weighted by molar-refractivity contribution is 0.661. The minimum Gasteiger partial charge on any atom is -0.309 e. The van der Waals surface area contributed by atoms with Crippen molar-refractivity contribution < 1.29 is 0 Å². The fourth-order valence-corrected chi connectivity index (χ4v) is 11.4. The van der Waals surface area contributed by atoms with E-state index < -0.39 is 0 Å². The molecule has 0 saturated carbocycles. The molecule has 0 bridgehead atoms. The van der Waals surface area contributed by atoms with Gasteiger partial charge in [0.15, 0.2) is 5.82 Å². The average molecular weight is 881 g/mol. The zero-order chi connectivity index (χ0) is 45.8. The summed E-state index contributed by atoms with van der Waals surface area (Å²) in [4.78, 5) is 10.7. The molecular weight excluding hydrogens is 837 g/mol. The summed E-state index contributed by atoms with van der Waals surface area (Å²) in [5.41, 5.74) is 19.1. The summed E-state index contributed by atoms with van der Waals surface area (Å²) >= 11 is 0. The molecule has 0 N–H and O–H groups in total. The molecule has 0 radical (unpaired) electrons. The van der Waals surface area contributed by atoms with E-state index in [1.165, 1.54) is 76.6 Å². The standard InChI is InChI=1S/C65H44N4/c1-65(2)55-26-16-25-53(63(55)54-37-44-19-6-7-20-45(44)38-56(54)65)58-40-57(66-64(67-58)43-17-4-3-5-18-43)42-33-31-41(32-34-42)46-35-47(68-59-27-12-8-21-49(59)50-22-9-13-28-60(50)68)39-48(36-46)69-61-29-14-10-23-51(61)52-24-11-15-30-62(52)69/h3-40H,1-2H3. The van der Waals surface area contributed by atoms with Crippen LogP contribution in [0.25, 0.3) is 122 Å². The molecule has 4 nitrogen and oxygen atoms in total. The van der Waals surface area contributed by atoms with Crippen LogP contribution < -0.4 is 0 Å². The van der Waals surface area contributed by atoms with E-state index in [9.17, 15) is 0 Å². The van der Waals surface area contributed by atoms with Crippen LogP contribution in [0.1, 0.15) is 25.0 Å². The van der Waals surface area contributed by atoms with Crippen LogP contribution >= 0.6 is 0 Å². The first kappa shape index (κ1) is 39.3. The van der Waals surface area contributed by atoms with Gasteiger partial charge in [-0.15, -0.1) is 0 Å². The Hall–Kier alpha value is -8.86. The molecule has 0 fully saturated rings. The quantitative estimate of drug-likeness (QED) is 0.167. The molecule has 0 atom stereocenters. The number of hydrogen-bond acceptors (Lipinski definition) is 2. The van der Waals surface area contributed by atoms with Crippen molar-refractivity contribution in [1.82, 2.24) is 19.1 Å². The number of nitrogens with zero attached hydrogens (tertiary/aromatic N) is 4. The fourth-order valence-electron chi connectivity index (χ4n) is 11.4. The third kappa shape index (κ3) is 6.08. The predicted molar refractivity (Wildman–Crippen MR) is 288 cm³/mol. The van der Waals surface area contributed by atoms with E-state index in [1.807, 2.05) is 6.07 Å². The van der Waals surface area contributed by atoms with Gasteiger partial charge in [-0.3, -0.25) is 0 Å². The zero-order valence-electron chi connectivity index (χ0n) is 38.2. The number of aromatic nitrogens is 4. The van der Waals surface area contributed by atoms with Crippen LogP contribution in [-0.4, -0.2) is 19.1 Å². The summed E-state index contributed by atoms with van der Waals surface area (Å²) in [6.07, 6.45) is 0. The van der Waals surface area contributed by atoms with Crippen molar-refractivity contribution in [3.8, 4) is 67.5 Å². The SMILES string of the molecule is CC1(C)c2cc3ccccc3cc2-c2c(-c3cc(-c4ccc(-c5cc(-n6c7ccccc7c7ccccc76)cc(-n6c7ccccc7c7ccccc76)c5)cc4)nc(-c4ccccc4)n3)cccc21. The molecule has 1 aliphatic carbocycles. The highest BCUT2D eigenvalue weighted by atomic mass is 15.0. The molecule has 3 heterocycles. The third-order valence-corrected chi connectivity index (χ3v) is 14.7. The van der Waals surface area contributed by atoms with E-state index in [1.54, 1.807) is 0 Å². The van der Waals surface area contributed by atoms with Crippen LogP contribution in [0.2, 0.25) is 0 Å². The molecule has 69 heavy (non-hydrogen) atoms. The maximum Gasteiger partial charge on any atom is 0.160 e. The van der Waals surface area contributed by atoms with Crippen molar-refractivity contribution in [1.29, 1.82) is 0 Å². The normalized spacial score (nSPS) is 12.9. The molecule has 1 aliphatic rings. The molecule has 13 aromatic rings. The number of hydrogen-bond donors (Lipinski definition) is 0. The van der Waals surface area contributed by atoms with Gasteiger partial charge in [-0.1, -0.05) is 184 Å². The van der Waals surface area contributed by atoms with E-state index in [4.69, 9.17) is 9.97 Å². The van der Waals surface area contributed by atoms with Gasteiger partial charge in [0.1, 0.15) is 0 Å². The molecule has 0 aliphatic heterocycles. The van der Waals surface area contributed by atoms with Gasteiger partial charge >= 0.3 is 0 Å². The Morgan fingerprint density at radius 3 is 1.41 bits per heavy atom. The lowest BCUT2D eigenvalue weighted by Crippen LogP contribution is -2.14. The van der Waals surface area contributed by atoms with Gasteiger partial charge in [0.05, 0.1) is 33.5 Å². The lowest BCUT2D eigenvalue weighted by Gasteiger charge is -2.22. The van der Waals surface area contributed by atoms with E-state index in [0.717, 1.165) is 50.6 Å². The Morgan fingerprint density at radius 1 is 0.333 bits per heavy atom. The summed E-state index contributed by atoms with van der Waals surface area (Å²) in [7, 11) is 0. The molecule has 14 rings (SSSR count). The van der Waals surface area contributed by atoms with Crippen molar-refractivity contribution in [2.24, 2.45) is 0 Å². The topological polar surface area (TPSA) is 35.6 Å². The van der Waals surface area contributed by atoms with Crippen molar-refractivity contribution >= 4 is 54.4 Å². The molecular formula is C65H44N4. The van der Waals surface area contributed by atoms with Crippen LogP contribution in [0.15, 0.2) is 231 Å². The monoisotopic (exact) mass is 880 g/mol. The maximum atomic E-state index is 5.36. The van der Waals surface area contributed by atoms with Crippen molar-refractivity contribution in [2.45, 2.75) is 19.3 Å². The summed E-state index contributed by atoms with van der Waals surface area (Å²) in [5.74, 6) is 0.704. The number of fused-ring (bicyclic) bond motifs is 10. The number of rotatable bonds is 6. The Labute approximate surface area is 400 Å². The molecule has 4 heteroatoms. The summed E-state index contributed by atoms with van der Waals surface area (Å²) in [6.45, 7) is 4.70. The van der Waals surface area contributed by atoms with Crippen LogP contribution in [0, 0.1) is 0 Å². The van der Waals surface area contributed by atoms with E-state index >= 15 is 0 Å². The first-order chi connectivity index (χ1) is 34.0. The minimum absolute atomic E-state index is 0.168. The zero-order valence-corrected chi connectivity index (χ0v) is 38.2. The first-order valence-electron chi connectivity index (χ1n) is 23.8. The van der Waals surface area contributed by atoms with E-state index in [2.05, 4.69) is 247 Å². The van der Waals surface area contributed by atoms with Gasteiger partial charge in [0, 0.05) is 55.0 Å². The van der Waals surface area contributed by atoms with Gasteiger partial charge in [0.25, 0.3) is 0 Å². The Balaban J connectivity index is 0.947. The second-order valence-electron chi connectivity index (χ2n) is 19.0. The summed E-state index contributed by atoms with van der Waals surface area (Å²) < 4.78 is 4.85. The fraction of sp³-hybridized carbons (Fsp3) is 0.0462. The van der Waals surface area contributed by atoms with E-state index in [0.29, 0.717) is 5.82 Å². The van der Waals surface area contributed by atoms with Gasteiger partial charge in [-0.05, 0) is 105 Å². The largest absolute Gasteiger partial charge is 0.309 e. The summed E-state index contributed by atoms with van der Waals surface area (Å²) in [5, 5.41) is 7.46. The Kier molecular flexibility index (Phi) is 8.59. The van der Waals surface area contributed by atoms with Crippen molar-refractivity contribution in [2.75, 3.05) is 0 Å². The Morgan fingerprint density at radius 2 is 0.826 bits per heavy atom. The second kappa shape index (κ2) is 15.1. The number of para-hydroxylation sites is 4. The molecule has 10 aromatic carbocycles. The second-order valence-corrected chi connectivity index (χ2v) is 19.0. The lowest BCUT2D eigenvalue weighted by atomic mass is 9.81. The molecule has 0 saturated heterocycles. The maximum absolute atomic E-state index is 5.36. The first-order valence-corrected chi connectivity index (χ1v) is 23.8. The molecule has 324 valence electrons. The van der Waals surface area contributed by atoms with Crippen LogP contribution in [-0.2, 0) is 5.41 Å². The molecule has 3 aromatic heterocycles. The van der Waals surface area contributed by atoms with Gasteiger partial charge < -0.3 is 9.13 Å². The van der Waals surface area contributed by atoms with Crippen LogP contribution in [0.4, 0.5) is 0 Å². The third-order valence-electron chi connectivity index (χ3n) is 14.7. The van der Waals surface area contributed by atoms with Crippen LogP contribution in [0.5, 0.6) is 0 Å². The number of benzene rings is 10. The highest BCUT2D eigenvalue weighted by molar-refractivity contribution is 6.11.